The third-order valence-corrected chi connectivity index (χ3v) is 3.27. The first-order valence-corrected chi connectivity index (χ1v) is 9.49. The summed E-state index contributed by atoms with van der Waals surface area (Å²) in [6.45, 7) is 11.2. The smallest absolute Gasteiger partial charge is 0.330 e. The Bertz CT molecular complexity index is 310. The Balaban J connectivity index is 3.01. The Morgan fingerprint density at radius 1 is 0.654 bits per heavy atom. The molecule has 0 saturated heterocycles. The van der Waals surface area contributed by atoms with Crippen molar-refractivity contribution in [2.75, 3.05) is 72.7 Å². The van der Waals surface area contributed by atoms with E-state index < -0.39 is 5.97 Å². The number of rotatable bonds is 21. The first-order chi connectivity index (χ1) is 12.8. The molecule has 0 aromatic carbocycles. The van der Waals surface area contributed by atoms with E-state index in [1.807, 2.05) is 0 Å². The van der Waals surface area contributed by atoms with Crippen molar-refractivity contribution >= 4 is 5.97 Å². The second-order valence-corrected chi connectivity index (χ2v) is 5.49. The molecule has 0 heterocycles. The molecule has 154 valence electrons. The average Bonchev–Trinajstić information content (AvgIpc) is 2.66. The normalized spacial score (nSPS) is 10.8. The van der Waals surface area contributed by atoms with Gasteiger partial charge in [0, 0.05) is 12.7 Å². The van der Waals surface area contributed by atoms with Crippen LogP contribution in [0, 0.1) is 0 Å². The van der Waals surface area contributed by atoms with Gasteiger partial charge in [0.15, 0.2) is 0 Å². The lowest BCUT2D eigenvalue weighted by molar-refractivity contribution is -0.139. The second-order valence-electron chi connectivity index (χ2n) is 5.49. The van der Waals surface area contributed by atoms with Gasteiger partial charge in [0.1, 0.15) is 6.61 Å². The highest BCUT2D eigenvalue weighted by molar-refractivity contribution is 5.81. The summed E-state index contributed by atoms with van der Waals surface area (Å²) in [6, 6.07) is 0. The van der Waals surface area contributed by atoms with Crippen LogP contribution in [-0.4, -0.2) is 78.6 Å². The van der Waals surface area contributed by atoms with E-state index in [1.54, 1.807) is 0 Å². The summed E-state index contributed by atoms with van der Waals surface area (Å²) in [5, 5.41) is 0. The number of ether oxygens (including phenoxy) is 6. The Hall–Kier alpha value is -0.990. The van der Waals surface area contributed by atoms with Crippen LogP contribution in [0.3, 0.4) is 0 Å². The van der Waals surface area contributed by atoms with E-state index in [1.165, 1.54) is 19.3 Å². The molecule has 0 aliphatic rings. The fourth-order valence-electron chi connectivity index (χ4n) is 1.87. The van der Waals surface area contributed by atoms with Gasteiger partial charge in [0.2, 0.25) is 0 Å². The van der Waals surface area contributed by atoms with Crippen LogP contribution in [0.25, 0.3) is 0 Å². The topological polar surface area (TPSA) is 72.5 Å². The summed E-state index contributed by atoms with van der Waals surface area (Å²) in [6.07, 6.45) is 6.02. The van der Waals surface area contributed by atoms with E-state index in [0.29, 0.717) is 59.5 Å². The Morgan fingerprint density at radius 3 is 1.50 bits per heavy atom. The van der Waals surface area contributed by atoms with Crippen LogP contribution in [0.5, 0.6) is 0 Å². The minimum absolute atomic E-state index is 0.220. The zero-order valence-electron chi connectivity index (χ0n) is 16.2. The van der Waals surface area contributed by atoms with Gasteiger partial charge >= 0.3 is 5.97 Å². The van der Waals surface area contributed by atoms with E-state index in [9.17, 15) is 4.79 Å². The highest BCUT2D eigenvalue weighted by Crippen LogP contribution is 1.98. The van der Waals surface area contributed by atoms with Crippen molar-refractivity contribution < 1.29 is 33.2 Å². The molecule has 0 atom stereocenters. The molecule has 0 N–H and O–H groups in total. The predicted octanol–water partition coefficient (Wildman–Crippen LogP) is 2.38. The second kappa shape index (κ2) is 22.1. The first-order valence-electron chi connectivity index (χ1n) is 9.49. The Kier molecular flexibility index (Phi) is 21.2. The molecule has 26 heavy (non-hydrogen) atoms. The largest absolute Gasteiger partial charge is 0.460 e. The highest BCUT2D eigenvalue weighted by Gasteiger charge is 1.96. The molecule has 0 aromatic heterocycles. The van der Waals surface area contributed by atoms with Crippen LogP contribution in [0.2, 0.25) is 0 Å². The summed E-state index contributed by atoms with van der Waals surface area (Å²) >= 11 is 0. The van der Waals surface area contributed by atoms with Crippen LogP contribution in [0.15, 0.2) is 12.7 Å². The number of esters is 1. The molecule has 0 spiro atoms. The standard InChI is InChI=1S/C19H36O7/c1-3-5-6-7-8-21-9-10-22-11-12-23-13-14-24-15-16-25-17-18-26-19(20)4-2/h4H,2-3,5-18H2,1H3. The number of carbonyl (C=O) groups is 1. The minimum atomic E-state index is -0.444. The summed E-state index contributed by atoms with van der Waals surface area (Å²) in [5.74, 6) is -0.444. The van der Waals surface area contributed by atoms with Crippen molar-refractivity contribution in [1.29, 1.82) is 0 Å². The molecule has 0 rings (SSSR count). The van der Waals surface area contributed by atoms with Crippen LogP contribution >= 0.6 is 0 Å². The van der Waals surface area contributed by atoms with E-state index in [-0.39, 0.29) is 6.61 Å². The maximum absolute atomic E-state index is 10.8. The molecule has 0 aromatic rings. The Labute approximate surface area is 157 Å². The van der Waals surface area contributed by atoms with Gasteiger partial charge in [-0.25, -0.2) is 4.79 Å². The minimum Gasteiger partial charge on any atom is -0.460 e. The third kappa shape index (κ3) is 21.1. The van der Waals surface area contributed by atoms with Crippen LogP contribution < -0.4 is 0 Å². The molecule has 7 heteroatoms. The quantitative estimate of drug-likeness (QED) is 0.173. The lowest BCUT2D eigenvalue weighted by atomic mass is 10.2. The third-order valence-electron chi connectivity index (χ3n) is 3.27. The monoisotopic (exact) mass is 376 g/mol. The van der Waals surface area contributed by atoms with Crippen LogP contribution in [0.4, 0.5) is 0 Å². The van der Waals surface area contributed by atoms with E-state index in [4.69, 9.17) is 28.4 Å². The first kappa shape index (κ1) is 25.0. The zero-order valence-corrected chi connectivity index (χ0v) is 16.2. The lowest BCUT2D eigenvalue weighted by Gasteiger charge is -2.08. The van der Waals surface area contributed by atoms with Gasteiger partial charge in [0.05, 0.1) is 59.5 Å². The summed E-state index contributed by atoms with van der Waals surface area (Å²) in [5.41, 5.74) is 0. The van der Waals surface area contributed by atoms with Gasteiger partial charge in [-0.05, 0) is 6.42 Å². The summed E-state index contributed by atoms with van der Waals surface area (Å²) < 4.78 is 31.6. The predicted molar refractivity (Wildman–Crippen MR) is 99.4 cm³/mol. The van der Waals surface area contributed by atoms with Crippen LogP contribution in [0.1, 0.15) is 32.6 Å². The van der Waals surface area contributed by atoms with Crippen molar-refractivity contribution in [3.05, 3.63) is 12.7 Å². The number of hydrogen-bond donors (Lipinski definition) is 0. The molecule has 0 saturated carbocycles. The maximum Gasteiger partial charge on any atom is 0.330 e. The lowest BCUT2D eigenvalue weighted by Crippen LogP contribution is -2.14. The molecule has 0 bridgehead atoms. The van der Waals surface area contributed by atoms with Crippen LogP contribution in [-0.2, 0) is 33.2 Å². The van der Waals surface area contributed by atoms with Gasteiger partial charge in [-0.1, -0.05) is 32.8 Å². The molecule has 0 aliphatic carbocycles. The number of carbonyl (C=O) groups excluding carboxylic acids is 1. The maximum atomic E-state index is 10.8. The van der Waals surface area contributed by atoms with Gasteiger partial charge in [-0.3, -0.25) is 0 Å². The molecule has 7 nitrogen and oxygen atoms in total. The molecule has 0 aliphatic heterocycles. The fourth-order valence-corrected chi connectivity index (χ4v) is 1.87. The molecule has 0 amide bonds. The average molecular weight is 376 g/mol. The van der Waals surface area contributed by atoms with E-state index in [0.717, 1.165) is 19.1 Å². The fraction of sp³-hybridized carbons (Fsp3) is 0.842. The molecule has 0 unspecified atom stereocenters. The van der Waals surface area contributed by atoms with Gasteiger partial charge in [0.25, 0.3) is 0 Å². The van der Waals surface area contributed by atoms with Crippen molar-refractivity contribution in [3.63, 3.8) is 0 Å². The van der Waals surface area contributed by atoms with E-state index in [2.05, 4.69) is 13.5 Å². The highest BCUT2D eigenvalue weighted by atomic mass is 16.6. The molecular formula is C19H36O7. The van der Waals surface area contributed by atoms with Gasteiger partial charge < -0.3 is 28.4 Å². The van der Waals surface area contributed by atoms with Crippen molar-refractivity contribution in [2.45, 2.75) is 32.6 Å². The molecule has 0 fully saturated rings. The summed E-state index contributed by atoms with van der Waals surface area (Å²) in [4.78, 5) is 10.8. The SMILES string of the molecule is C=CC(=O)OCCOCCOCCOCCOCCOCCCCCC. The number of unbranched alkanes of at least 4 members (excludes halogenated alkanes) is 3. The summed E-state index contributed by atoms with van der Waals surface area (Å²) in [7, 11) is 0. The van der Waals surface area contributed by atoms with Gasteiger partial charge in [-0.2, -0.15) is 0 Å². The Morgan fingerprint density at radius 2 is 1.08 bits per heavy atom. The molecular weight excluding hydrogens is 340 g/mol. The molecule has 0 radical (unpaired) electrons. The van der Waals surface area contributed by atoms with Crippen molar-refractivity contribution in [1.82, 2.24) is 0 Å². The van der Waals surface area contributed by atoms with E-state index >= 15 is 0 Å². The van der Waals surface area contributed by atoms with Gasteiger partial charge in [-0.15, -0.1) is 0 Å². The number of hydrogen-bond acceptors (Lipinski definition) is 7. The zero-order chi connectivity index (χ0) is 19.1. The van der Waals surface area contributed by atoms with Crippen molar-refractivity contribution in [2.24, 2.45) is 0 Å². The van der Waals surface area contributed by atoms with Crippen molar-refractivity contribution in [3.8, 4) is 0 Å².